The average Bonchev–Trinajstić information content (AvgIpc) is 2.53. The molecule has 0 aromatic rings. The predicted octanol–water partition coefficient (Wildman–Crippen LogP) is 0.0824. The fourth-order valence-electron chi connectivity index (χ4n) is 0.738. The molecule has 0 saturated carbocycles. The molecule has 13 nitrogen and oxygen atoms in total. The van der Waals surface area contributed by atoms with Crippen molar-refractivity contribution in [3.05, 3.63) is 0 Å². The van der Waals surface area contributed by atoms with Crippen LogP contribution in [0.4, 0.5) is 0 Å². The van der Waals surface area contributed by atoms with Crippen LogP contribution in [-0.4, -0.2) is 97.2 Å². The molecule has 0 fully saturated rings. The monoisotopic (exact) mass is 513 g/mol. The van der Waals surface area contributed by atoms with Crippen molar-refractivity contribution in [3.63, 3.8) is 0 Å². The molecule has 0 spiro atoms. The third kappa shape index (κ3) is 25.5. The Bertz CT molecular complexity index is 613. The molecular formula is C14H36IN13. The smallest absolute Gasteiger partial charge is 0.244 e. The second-order valence-electron chi connectivity index (χ2n) is 5.32. The molecule has 0 atom stereocenters. The Morgan fingerprint density at radius 1 is 0.857 bits per heavy atom. The maximum absolute atomic E-state index is 7.12. The quantitative estimate of drug-likeness (QED) is 0.124. The third-order valence-electron chi connectivity index (χ3n) is 2.03. The van der Waals surface area contributed by atoms with E-state index in [-0.39, 0.29) is 24.6 Å². The number of rotatable bonds is 1. The van der Waals surface area contributed by atoms with Crippen LogP contribution in [0, 0.1) is 16.2 Å². The Hall–Kier alpha value is -2.78. The number of hydrogen-bond donors (Lipinski definition) is 6. The van der Waals surface area contributed by atoms with Crippen molar-refractivity contribution in [2.45, 2.75) is 6.92 Å². The number of nitrogens with zero attached hydrogens (tertiary/aromatic N) is 7. The Labute approximate surface area is 183 Å². The van der Waals surface area contributed by atoms with Crippen LogP contribution in [0.1, 0.15) is 9.78 Å². The van der Waals surface area contributed by atoms with Crippen molar-refractivity contribution in [3.8, 4) is 0 Å². The molecule has 0 aliphatic carbocycles. The van der Waals surface area contributed by atoms with Crippen LogP contribution in [0.3, 0.4) is 0 Å². The summed E-state index contributed by atoms with van der Waals surface area (Å²) in [6.07, 6.45) is 2.97. The van der Waals surface area contributed by atoms with Gasteiger partial charge in [0.2, 0.25) is 11.9 Å². The lowest BCUT2D eigenvalue weighted by atomic mass is 10.8. The Kier molecular flexibility index (Phi) is 18.9. The zero-order valence-electron chi connectivity index (χ0n) is 17.4. The van der Waals surface area contributed by atoms with Crippen LogP contribution in [0.15, 0.2) is 20.0 Å². The molecule has 0 bridgehead atoms. The van der Waals surface area contributed by atoms with E-state index in [1.165, 1.54) is 12.6 Å². The first-order chi connectivity index (χ1) is 12.7. The standard InChI is InChI=1S/C6H13N5.C4H9IN4.C4H10N4.2H2/c1-4-9-5(7)10-6(8)11(2)3;1-9(2)4(7)8-3(5)6;1-8(2)3-7-4(5)6;;/h4H,1-3H3,(H3,7,8,10);1-2H3,(H3,6,7,8);3H,1-2H3,(H3,5,6);2*1H. The molecule has 0 unspecified atom stereocenters. The van der Waals surface area contributed by atoms with Crippen LogP contribution in [0.5, 0.6) is 0 Å². The van der Waals surface area contributed by atoms with Crippen molar-refractivity contribution < 1.29 is 2.85 Å². The molecule has 0 amide bonds. The highest BCUT2D eigenvalue weighted by atomic mass is 127. The molecule has 164 valence electrons. The number of aliphatic imine (C=N–C) groups is 4. The highest BCUT2D eigenvalue weighted by molar-refractivity contribution is 14.1. The van der Waals surface area contributed by atoms with Gasteiger partial charge < -0.3 is 31.9 Å². The van der Waals surface area contributed by atoms with Gasteiger partial charge in [-0.25, -0.2) is 9.98 Å². The summed E-state index contributed by atoms with van der Waals surface area (Å²) >= 11 is 1.78. The number of nitrogens with one attached hydrogen (secondary N) is 3. The predicted molar refractivity (Wildman–Crippen MR) is 133 cm³/mol. The van der Waals surface area contributed by atoms with Gasteiger partial charge in [-0.3, -0.25) is 16.2 Å². The van der Waals surface area contributed by atoms with Crippen molar-refractivity contribution in [2.24, 2.45) is 37.2 Å². The molecule has 0 rings (SSSR count). The molecule has 28 heavy (non-hydrogen) atoms. The van der Waals surface area contributed by atoms with Gasteiger partial charge >= 0.3 is 0 Å². The summed E-state index contributed by atoms with van der Waals surface area (Å²) in [5.74, 6) is 0.382. The summed E-state index contributed by atoms with van der Waals surface area (Å²) in [6.45, 7) is 1.72. The summed E-state index contributed by atoms with van der Waals surface area (Å²) in [4.78, 5) is 19.4. The molecule has 0 saturated heterocycles. The maximum Gasteiger partial charge on any atom is 0.244 e. The minimum Gasteiger partial charge on any atom is -0.369 e. The van der Waals surface area contributed by atoms with E-state index in [0.29, 0.717) is 5.96 Å². The Morgan fingerprint density at radius 3 is 1.50 bits per heavy atom. The van der Waals surface area contributed by atoms with Crippen LogP contribution in [0.25, 0.3) is 0 Å². The van der Waals surface area contributed by atoms with Gasteiger partial charge in [0.1, 0.15) is 0 Å². The SMILES string of the molecule is CC=NC(=N)N=C(N)N(C)C.CN(C)C(N)=NC(=N)I.CN(C)C=NC(=N)N.[HH].[HH]. The van der Waals surface area contributed by atoms with E-state index in [9.17, 15) is 0 Å². The van der Waals surface area contributed by atoms with Gasteiger partial charge in [0.05, 0.1) is 6.34 Å². The molecule has 0 aromatic heterocycles. The van der Waals surface area contributed by atoms with E-state index in [0.717, 1.165) is 0 Å². The first kappa shape index (κ1) is 30.0. The zero-order chi connectivity index (χ0) is 22.9. The summed E-state index contributed by atoms with van der Waals surface area (Å²) in [7, 11) is 10.7. The fraction of sp³-hybridized carbons (Fsp3) is 0.500. The largest absolute Gasteiger partial charge is 0.369 e. The second kappa shape index (κ2) is 17.6. The fourth-order valence-corrected chi connectivity index (χ4v) is 0.985. The lowest BCUT2D eigenvalue weighted by molar-refractivity contribution is 0.615. The van der Waals surface area contributed by atoms with Gasteiger partial charge in [-0.1, -0.05) is 0 Å². The van der Waals surface area contributed by atoms with E-state index in [1.807, 2.05) is 14.1 Å². The number of hydrogen-bond acceptors (Lipinski definition) is 3. The van der Waals surface area contributed by atoms with Crippen LogP contribution >= 0.6 is 22.6 Å². The minimum absolute atomic E-state index is 0. The second-order valence-corrected chi connectivity index (χ2v) is 6.35. The summed E-state index contributed by atoms with van der Waals surface area (Å²) < 4.78 is 0.193. The van der Waals surface area contributed by atoms with Gasteiger partial charge in [-0.2, -0.15) is 9.98 Å². The van der Waals surface area contributed by atoms with Crippen LogP contribution < -0.4 is 17.2 Å². The highest BCUT2D eigenvalue weighted by Crippen LogP contribution is 1.87. The first-order valence-electron chi connectivity index (χ1n) is 7.63. The molecular weight excluding hydrogens is 477 g/mol. The van der Waals surface area contributed by atoms with Gasteiger partial charge in [-0.15, -0.1) is 0 Å². The molecule has 0 aliphatic rings. The third-order valence-corrected chi connectivity index (χ3v) is 2.27. The topological polar surface area (TPSA) is 209 Å². The van der Waals surface area contributed by atoms with Crippen molar-refractivity contribution in [2.75, 3.05) is 42.3 Å². The summed E-state index contributed by atoms with van der Waals surface area (Å²) in [5.41, 5.74) is 15.7. The van der Waals surface area contributed by atoms with E-state index in [4.69, 9.17) is 33.4 Å². The van der Waals surface area contributed by atoms with Crippen LogP contribution in [0.2, 0.25) is 0 Å². The van der Waals surface area contributed by atoms with Crippen molar-refractivity contribution >= 4 is 62.8 Å². The lowest BCUT2D eigenvalue weighted by Gasteiger charge is -2.08. The lowest BCUT2D eigenvalue weighted by Crippen LogP contribution is -2.30. The average molecular weight is 513 g/mol. The van der Waals surface area contributed by atoms with Gasteiger partial charge in [0, 0.05) is 73.9 Å². The number of halogens is 1. The van der Waals surface area contributed by atoms with E-state index >= 15 is 0 Å². The maximum atomic E-state index is 7.12. The normalized spacial score (nSPS) is 11.1. The van der Waals surface area contributed by atoms with Gasteiger partial charge in [0.15, 0.2) is 15.8 Å². The van der Waals surface area contributed by atoms with Gasteiger partial charge in [-0.05, 0) is 6.92 Å². The molecule has 0 radical (unpaired) electrons. The first-order valence-corrected chi connectivity index (χ1v) is 8.71. The molecule has 14 heteroatoms. The molecule has 0 heterocycles. The Morgan fingerprint density at radius 2 is 1.29 bits per heavy atom. The molecule has 0 aromatic carbocycles. The van der Waals surface area contributed by atoms with Crippen LogP contribution in [-0.2, 0) is 0 Å². The van der Waals surface area contributed by atoms with Crippen molar-refractivity contribution in [1.29, 1.82) is 16.2 Å². The minimum atomic E-state index is -0.168. The van der Waals surface area contributed by atoms with Crippen molar-refractivity contribution in [1.82, 2.24) is 14.7 Å². The van der Waals surface area contributed by atoms with E-state index < -0.39 is 0 Å². The number of amidine groups is 1. The van der Waals surface area contributed by atoms with Gasteiger partial charge in [0.25, 0.3) is 0 Å². The zero-order valence-corrected chi connectivity index (χ0v) is 19.6. The molecule has 9 N–H and O–H groups in total. The Balaban J connectivity index is -0.000000102. The summed E-state index contributed by atoms with van der Waals surface area (Å²) in [6, 6.07) is 0. The van der Waals surface area contributed by atoms with E-state index in [2.05, 4.69) is 20.0 Å². The highest BCUT2D eigenvalue weighted by Gasteiger charge is 1.94. The number of guanidine groups is 4. The number of nitrogens with two attached hydrogens (primary N) is 3. The molecule has 0 aliphatic heterocycles. The van der Waals surface area contributed by atoms with E-state index in [1.54, 1.807) is 72.4 Å². The summed E-state index contributed by atoms with van der Waals surface area (Å²) in [5, 5.41) is 20.7.